The Labute approximate surface area is 62.7 Å². The Bertz CT molecular complexity index is 91.0. The van der Waals surface area contributed by atoms with E-state index in [1.54, 1.807) is 6.08 Å². The molecule has 2 unspecified atom stereocenters. The number of hydrogen-bond donors (Lipinski definition) is 1. The van der Waals surface area contributed by atoms with Crippen LogP contribution in [0.3, 0.4) is 0 Å². The smallest absolute Gasteiger partial charge is 0.258 e. The molecule has 2 nitrogen and oxygen atoms in total. The van der Waals surface area contributed by atoms with Crippen LogP contribution >= 0.6 is 11.1 Å². The zero-order valence-electron chi connectivity index (χ0n) is 5.51. The van der Waals surface area contributed by atoms with E-state index in [9.17, 15) is 0 Å². The molecule has 0 aliphatic heterocycles. The monoisotopic (exact) mass is 165 g/mol. The van der Waals surface area contributed by atoms with Gasteiger partial charge in [-0.05, 0) is 6.92 Å². The van der Waals surface area contributed by atoms with E-state index in [0.29, 0.717) is 0 Å². The molecular weight excluding hydrogens is 154 g/mol. The van der Waals surface area contributed by atoms with E-state index in [1.165, 1.54) is 0 Å². The molecule has 0 fully saturated rings. The highest BCUT2D eigenvalue weighted by atomic mass is 35.6. The molecule has 0 aromatic carbocycles. The van der Waals surface area contributed by atoms with Crippen LogP contribution in [0.2, 0.25) is 0 Å². The van der Waals surface area contributed by atoms with Crippen LogP contribution in [0.4, 0.5) is 0 Å². The zero-order valence-corrected chi connectivity index (χ0v) is 7.68. The zero-order chi connectivity index (χ0) is 7.28. The summed E-state index contributed by atoms with van der Waals surface area (Å²) in [4.78, 5) is 0. The second-order valence-electron chi connectivity index (χ2n) is 1.79. The number of nitrogens with two attached hydrogens (primary N) is 1. The third-order valence-electron chi connectivity index (χ3n) is 1.14. The van der Waals surface area contributed by atoms with Gasteiger partial charge in [-0.15, -0.1) is 17.7 Å². The van der Waals surface area contributed by atoms with E-state index in [2.05, 4.69) is 6.58 Å². The summed E-state index contributed by atoms with van der Waals surface area (Å²) >= 11 is 5.42. The van der Waals surface area contributed by atoms with Crippen molar-refractivity contribution in [2.45, 2.75) is 19.1 Å². The summed E-state index contributed by atoms with van der Waals surface area (Å²) in [6.45, 7) is 5.42. The minimum absolute atomic E-state index is 0.0201. The van der Waals surface area contributed by atoms with Crippen LogP contribution in [-0.4, -0.2) is 21.2 Å². The van der Waals surface area contributed by atoms with Crippen LogP contribution < -0.4 is 5.73 Å². The summed E-state index contributed by atoms with van der Waals surface area (Å²) in [6, 6.07) is -0.0868. The summed E-state index contributed by atoms with van der Waals surface area (Å²) in [6.07, 6.45) is 1.68. The van der Waals surface area contributed by atoms with Gasteiger partial charge in [0.1, 0.15) is 0 Å². The van der Waals surface area contributed by atoms with E-state index >= 15 is 0 Å². The summed E-state index contributed by atoms with van der Waals surface area (Å²) in [5, 5.41) is 0. The van der Waals surface area contributed by atoms with Gasteiger partial charge in [0.25, 0.3) is 9.07 Å². The normalized spacial score (nSPS) is 18.1. The molecule has 0 aromatic heterocycles. The number of hydrogen-bond acceptors (Lipinski definition) is 2. The second-order valence-corrected chi connectivity index (χ2v) is 3.00. The largest absolute Gasteiger partial charge is 0.403 e. The van der Waals surface area contributed by atoms with Crippen molar-refractivity contribution >= 4 is 20.2 Å². The van der Waals surface area contributed by atoms with Gasteiger partial charge in [-0.2, -0.15) is 0 Å². The van der Waals surface area contributed by atoms with Gasteiger partial charge in [0.2, 0.25) is 0 Å². The predicted octanol–water partition coefficient (Wildman–Crippen LogP) is 0.142. The molecule has 2 atom stereocenters. The molecule has 9 heavy (non-hydrogen) atoms. The molecule has 54 valence electrons. The van der Waals surface area contributed by atoms with Gasteiger partial charge >= 0.3 is 0 Å². The standard InChI is InChI=1S/C5H12ClNOSi/c1-3-5(7)4(2)8-9-6/h3-5H,1,7,9H2,2H3. The van der Waals surface area contributed by atoms with Gasteiger partial charge in [-0.1, -0.05) is 6.08 Å². The summed E-state index contributed by atoms with van der Waals surface area (Å²) < 4.78 is 5.10. The van der Waals surface area contributed by atoms with Gasteiger partial charge in [0.15, 0.2) is 0 Å². The molecule has 0 heterocycles. The van der Waals surface area contributed by atoms with Gasteiger partial charge in [-0.3, -0.25) is 0 Å². The van der Waals surface area contributed by atoms with Crippen LogP contribution in [-0.2, 0) is 4.43 Å². The Balaban J connectivity index is 3.44. The molecule has 0 aliphatic rings. The maximum Gasteiger partial charge on any atom is 0.258 e. The van der Waals surface area contributed by atoms with Gasteiger partial charge in [0, 0.05) is 6.04 Å². The van der Waals surface area contributed by atoms with Crippen LogP contribution in [0.5, 0.6) is 0 Å². The predicted molar refractivity (Wildman–Crippen MR) is 43.1 cm³/mol. The van der Waals surface area contributed by atoms with E-state index in [-0.39, 0.29) is 12.1 Å². The average Bonchev–Trinajstić information content (AvgIpc) is 1.87. The fraction of sp³-hybridized carbons (Fsp3) is 0.600. The van der Waals surface area contributed by atoms with Crippen molar-refractivity contribution in [3.8, 4) is 0 Å². The fourth-order valence-electron chi connectivity index (χ4n) is 0.402. The first-order valence-electron chi connectivity index (χ1n) is 2.78. The van der Waals surface area contributed by atoms with Crippen LogP contribution in [0.1, 0.15) is 6.92 Å². The molecule has 0 aliphatic carbocycles. The Kier molecular flexibility index (Phi) is 5.08. The van der Waals surface area contributed by atoms with Crippen molar-refractivity contribution < 1.29 is 4.43 Å². The quantitative estimate of drug-likeness (QED) is 0.366. The van der Waals surface area contributed by atoms with Crippen molar-refractivity contribution in [3.63, 3.8) is 0 Å². The first-order chi connectivity index (χ1) is 4.22. The number of rotatable bonds is 4. The SMILES string of the molecule is C=CC(N)C(C)O[SiH2]Cl. The lowest BCUT2D eigenvalue weighted by atomic mass is 10.2. The molecule has 0 bridgehead atoms. The lowest BCUT2D eigenvalue weighted by molar-refractivity contribution is 0.224. The lowest BCUT2D eigenvalue weighted by Crippen LogP contribution is -2.32. The molecule has 2 N–H and O–H groups in total. The van der Waals surface area contributed by atoms with Gasteiger partial charge in [0.05, 0.1) is 6.10 Å². The Morgan fingerprint density at radius 1 is 1.89 bits per heavy atom. The van der Waals surface area contributed by atoms with Crippen LogP contribution in [0.15, 0.2) is 12.7 Å². The maximum absolute atomic E-state index is 5.52. The minimum atomic E-state index is -0.841. The second kappa shape index (κ2) is 4.99. The molecule has 0 aromatic rings. The summed E-state index contributed by atoms with van der Waals surface area (Å²) in [7, 11) is -0.841. The third kappa shape index (κ3) is 3.70. The topological polar surface area (TPSA) is 35.2 Å². The Morgan fingerprint density at radius 3 is 2.78 bits per heavy atom. The van der Waals surface area contributed by atoms with Crippen molar-refractivity contribution in [1.29, 1.82) is 0 Å². The lowest BCUT2D eigenvalue weighted by Gasteiger charge is -2.14. The molecule has 0 radical (unpaired) electrons. The molecular formula is C5H12ClNOSi. The molecule has 0 amide bonds. The number of halogens is 1. The molecule has 0 saturated heterocycles. The van der Waals surface area contributed by atoms with Gasteiger partial charge < -0.3 is 10.2 Å². The molecule has 0 saturated carbocycles. The van der Waals surface area contributed by atoms with E-state index in [0.717, 1.165) is 0 Å². The molecule has 0 spiro atoms. The first-order valence-corrected chi connectivity index (χ1v) is 5.49. The average molecular weight is 166 g/mol. The van der Waals surface area contributed by atoms with E-state index in [4.69, 9.17) is 21.2 Å². The maximum atomic E-state index is 5.52. The minimum Gasteiger partial charge on any atom is -0.403 e. The summed E-state index contributed by atoms with van der Waals surface area (Å²) in [5.41, 5.74) is 5.52. The fourth-order valence-corrected chi connectivity index (χ4v) is 1.42. The third-order valence-corrected chi connectivity index (χ3v) is 2.17. The molecule has 0 rings (SSSR count). The van der Waals surface area contributed by atoms with Crippen molar-refractivity contribution in [2.24, 2.45) is 5.73 Å². The van der Waals surface area contributed by atoms with Crippen LogP contribution in [0.25, 0.3) is 0 Å². The van der Waals surface area contributed by atoms with Crippen LogP contribution in [0, 0.1) is 0 Å². The Morgan fingerprint density at radius 2 is 2.44 bits per heavy atom. The van der Waals surface area contributed by atoms with E-state index < -0.39 is 9.07 Å². The summed E-state index contributed by atoms with van der Waals surface area (Å²) in [5.74, 6) is 0. The van der Waals surface area contributed by atoms with Gasteiger partial charge in [-0.25, -0.2) is 0 Å². The van der Waals surface area contributed by atoms with Crippen molar-refractivity contribution in [3.05, 3.63) is 12.7 Å². The Hall–Kier alpha value is 0.167. The van der Waals surface area contributed by atoms with Crippen molar-refractivity contribution in [2.75, 3.05) is 0 Å². The first kappa shape index (κ1) is 9.17. The highest BCUT2D eigenvalue weighted by molar-refractivity contribution is 6.89. The molecule has 4 heteroatoms. The highest BCUT2D eigenvalue weighted by Gasteiger charge is 2.06. The van der Waals surface area contributed by atoms with E-state index in [1.807, 2.05) is 6.92 Å². The highest BCUT2D eigenvalue weighted by Crippen LogP contribution is 1.95. The van der Waals surface area contributed by atoms with Crippen molar-refractivity contribution in [1.82, 2.24) is 0 Å².